The number of ether oxygens (including phenoxy) is 2. The van der Waals surface area contributed by atoms with E-state index in [9.17, 15) is 18.0 Å². The molecule has 2 heterocycles. The third-order valence-corrected chi connectivity index (χ3v) is 7.81. The second kappa shape index (κ2) is 9.09. The summed E-state index contributed by atoms with van der Waals surface area (Å²) in [5.74, 6) is -0.670. The van der Waals surface area contributed by atoms with E-state index in [0.717, 1.165) is 11.1 Å². The molecule has 4 rings (SSSR count). The molecule has 174 valence electrons. The smallest absolute Gasteiger partial charge is 0.338 e. The van der Waals surface area contributed by atoms with E-state index in [2.05, 4.69) is 0 Å². The largest absolute Gasteiger partial charge is 0.457 e. The van der Waals surface area contributed by atoms with Crippen LogP contribution in [0.2, 0.25) is 0 Å². The Bertz CT molecular complexity index is 1390. The van der Waals surface area contributed by atoms with Gasteiger partial charge in [-0.1, -0.05) is 18.2 Å². The first-order valence-electron chi connectivity index (χ1n) is 10.6. The average Bonchev–Trinajstić information content (AvgIpc) is 2.80. The van der Waals surface area contributed by atoms with Crippen LogP contribution < -0.4 is 5.63 Å². The number of fused-ring (bicyclic) bond motifs is 1. The Morgan fingerprint density at radius 2 is 1.73 bits per heavy atom. The van der Waals surface area contributed by atoms with E-state index in [1.807, 2.05) is 26.0 Å². The van der Waals surface area contributed by atoms with Crippen LogP contribution in [0, 0.1) is 20.8 Å². The minimum absolute atomic E-state index is 0.0267. The summed E-state index contributed by atoms with van der Waals surface area (Å²) in [6.45, 7) is 6.53. The summed E-state index contributed by atoms with van der Waals surface area (Å²) in [4.78, 5) is 25.0. The van der Waals surface area contributed by atoms with Crippen LogP contribution >= 0.6 is 0 Å². The van der Waals surface area contributed by atoms with Crippen LogP contribution in [0.1, 0.15) is 32.6 Å². The lowest BCUT2D eigenvalue weighted by Crippen LogP contribution is -2.40. The Balaban J connectivity index is 1.61. The topological polar surface area (TPSA) is 103 Å². The van der Waals surface area contributed by atoms with Crippen LogP contribution in [0.3, 0.4) is 0 Å². The van der Waals surface area contributed by atoms with Crippen molar-refractivity contribution in [3.63, 3.8) is 0 Å². The normalized spacial score (nSPS) is 15.0. The third kappa shape index (κ3) is 4.57. The molecule has 2 aromatic carbocycles. The summed E-state index contributed by atoms with van der Waals surface area (Å²) in [6.07, 6.45) is 0. The summed E-state index contributed by atoms with van der Waals surface area (Å²) >= 11 is 0. The van der Waals surface area contributed by atoms with Crippen molar-refractivity contribution in [3.8, 4) is 0 Å². The fourth-order valence-electron chi connectivity index (χ4n) is 3.78. The van der Waals surface area contributed by atoms with Crippen molar-refractivity contribution in [2.24, 2.45) is 0 Å². The predicted molar refractivity (Wildman–Crippen MR) is 122 cm³/mol. The molecule has 0 aliphatic carbocycles. The number of benzene rings is 2. The van der Waals surface area contributed by atoms with Crippen molar-refractivity contribution >= 4 is 27.0 Å². The van der Waals surface area contributed by atoms with Crippen molar-refractivity contribution in [1.82, 2.24) is 4.31 Å². The molecular formula is C24H25NO7S. The molecule has 0 radical (unpaired) electrons. The fourth-order valence-corrected chi connectivity index (χ4v) is 5.22. The number of esters is 1. The van der Waals surface area contributed by atoms with Gasteiger partial charge in [-0.15, -0.1) is 0 Å². The molecule has 1 saturated heterocycles. The molecule has 0 atom stereocenters. The highest BCUT2D eigenvalue weighted by Gasteiger charge is 2.27. The second-order valence-electron chi connectivity index (χ2n) is 8.04. The number of hydrogen-bond acceptors (Lipinski definition) is 7. The monoisotopic (exact) mass is 471 g/mol. The molecule has 0 bridgehead atoms. The van der Waals surface area contributed by atoms with Gasteiger partial charge in [0.15, 0.2) is 0 Å². The molecule has 1 fully saturated rings. The first-order valence-corrected chi connectivity index (χ1v) is 12.0. The number of carbonyl (C=O) groups excluding carboxylic acids is 1. The molecule has 1 aliphatic heterocycles. The Kier molecular flexibility index (Phi) is 6.38. The number of sulfonamides is 1. The van der Waals surface area contributed by atoms with Crippen molar-refractivity contribution in [3.05, 3.63) is 74.6 Å². The molecule has 8 nitrogen and oxygen atoms in total. The maximum Gasteiger partial charge on any atom is 0.338 e. The van der Waals surface area contributed by atoms with Gasteiger partial charge >= 0.3 is 11.6 Å². The molecule has 9 heteroatoms. The highest BCUT2D eigenvalue weighted by Crippen LogP contribution is 2.25. The van der Waals surface area contributed by atoms with E-state index in [1.54, 1.807) is 13.0 Å². The number of aryl methyl sites for hydroxylation is 3. The van der Waals surface area contributed by atoms with Crippen LogP contribution in [0.25, 0.3) is 11.0 Å². The summed E-state index contributed by atoms with van der Waals surface area (Å²) in [7, 11) is -3.75. The van der Waals surface area contributed by atoms with E-state index in [1.165, 1.54) is 22.5 Å². The van der Waals surface area contributed by atoms with Crippen molar-refractivity contribution < 1.29 is 27.1 Å². The lowest BCUT2D eigenvalue weighted by atomic mass is 10.0. The predicted octanol–water partition coefficient (Wildman–Crippen LogP) is 3.10. The molecule has 0 unspecified atom stereocenters. The first kappa shape index (κ1) is 23.2. The van der Waals surface area contributed by atoms with Gasteiger partial charge in [-0.25, -0.2) is 18.0 Å². The Morgan fingerprint density at radius 1 is 1.03 bits per heavy atom. The minimum Gasteiger partial charge on any atom is -0.457 e. The zero-order valence-corrected chi connectivity index (χ0v) is 19.5. The molecular weight excluding hydrogens is 446 g/mol. The molecule has 0 spiro atoms. The molecule has 3 aromatic rings. The number of rotatable bonds is 5. The maximum atomic E-state index is 13.0. The van der Waals surface area contributed by atoms with Crippen molar-refractivity contribution in [1.29, 1.82) is 0 Å². The van der Waals surface area contributed by atoms with Gasteiger partial charge in [0, 0.05) is 30.1 Å². The maximum absolute atomic E-state index is 13.0. The minimum atomic E-state index is -3.75. The lowest BCUT2D eigenvalue weighted by molar-refractivity contribution is 0.0472. The molecule has 33 heavy (non-hydrogen) atoms. The van der Waals surface area contributed by atoms with Gasteiger partial charge in [-0.2, -0.15) is 4.31 Å². The van der Waals surface area contributed by atoms with Crippen molar-refractivity contribution in [2.75, 3.05) is 26.3 Å². The first-order chi connectivity index (χ1) is 15.7. The summed E-state index contributed by atoms with van der Waals surface area (Å²) < 4.78 is 43.4. The summed E-state index contributed by atoms with van der Waals surface area (Å²) in [6, 6.07) is 9.45. The average molecular weight is 472 g/mol. The van der Waals surface area contributed by atoms with E-state index in [4.69, 9.17) is 13.9 Å². The highest BCUT2D eigenvalue weighted by atomic mass is 32.2. The Labute approximate surface area is 191 Å². The zero-order valence-electron chi connectivity index (χ0n) is 18.7. The number of morpholine rings is 1. The van der Waals surface area contributed by atoms with Gasteiger partial charge in [-0.3, -0.25) is 0 Å². The van der Waals surface area contributed by atoms with Crippen LogP contribution in [0.15, 0.2) is 50.5 Å². The van der Waals surface area contributed by atoms with Gasteiger partial charge in [0.2, 0.25) is 10.0 Å². The molecule has 1 aliphatic rings. The van der Waals surface area contributed by atoms with Crippen molar-refractivity contribution in [2.45, 2.75) is 32.3 Å². The van der Waals surface area contributed by atoms with Crippen LogP contribution in [-0.2, 0) is 26.1 Å². The number of hydrogen-bond donors (Lipinski definition) is 0. The van der Waals surface area contributed by atoms with E-state index in [-0.39, 0.29) is 30.2 Å². The van der Waals surface area contributed by atoms with Gasteiger partial charge in [0.25, 0.3) is 0 Å². The van der Waals surface area contributed by atoms with Gasteiger partial charge in [0.1, 0.15) is 12.2 Å². The lowest BCUT2D eigenvalue weighted by Gasteiger charge is -2.26. The quantitative estimate of drug-likeness (QED) is 0.416. The van der Waals surface area contributed by atoms with E-state index < -0.39 is 21.6 Å². The molecule has 0 N–H and O–H groups in total. The second-order valence-corrected chi connectivity index (χ2v) is 9.98. The van der Waals surface area contributed by atoms with E-state index in [0.29, 0.717) is 35.3 Å². The zero-order chi connectivity index (χ0) is 23.8. The number of carbonyl (C=O) groups is 1. The molecule has 1 aromatic heterocycles. The third-order valence-electron chi connectivity index (χ3n) is 5.91. The fraction of sp³-hybridized carbons (Fsp3) is 0.333. The number of nitrogens with zero attached hydrogens (tertiary/aromatic N) is 1. The molecule has 0 amide bonds. The van der Waals surface area contributed by atoms with E-state index >= 15 is 0 Å². The van der Waals surface area contributed by atoms with Gasteiger partial charge in [0.05, 0.1) is 23.7 Å². The van der Waals surface area contributed by atoms with Crippen LogP contribution in [0.4, 0.5) is 0 Å². The standard InChI is InChI=1S/C24H25NO7S/c1-15-5-7-20-18(12-22(26)32-23(20)17(15)3)14-31-24(27)21-13-19(6-4-16(21)2)33(28,29)25-8-10-30-11-9-25/h4-7,12-13H,8-11,14H2,1-3H3. The van der Waals surface area contributed by atoms with Gasteiger partial charge < -0.3 is 13.9 Å². The van der Waals surface area contributed by atoms with Crippen LogP contribution in [0.5, 0.6) is 0 Å². The Hall–Kier alpha value is -3.01. The van der Waals surface area contributed by atoms with Gasteiger partial charge in [-0.05, 0) is 49.6 Å². The van der Waals surface area contributed by atoms with Crippen LogP contribution in [-0.4, -0.2) is 45.0 Å². The summed E-state index contributed by atoms with van der Waals surface area (Å²) in [5.41, 5.74) is 3.02. The highest BCUT2D eigenvalue weighted by molar-refractivity contribution is 7.89. The SMILES string of the molecule is Cc1ccc(S(=O)(=O)N2CCOCC2)cc1C(=O)OCc1cc(=O)oc2c(C)c(C)ccc12. The summed E-state index contributed by atoms with van der Waals surface area (Å²) in [5, 5.41) is 0.686. The molecule has 0 saturated carbocycles. The Morgan fingerprint density at radius 3 is 2.45 bits per heavy atom.